The van der Waals surface area contributed by atoms with E-state index in [0.29, 0.717) is 24.5 Å². The van der Waals surface area contributed by atoms with Crippen molar-refractivity contribution in [2.75, 3.05) is 18.1 Å². The molecule has 1 saturated heterocycles. The highest BCUT2D eigenvalue weighted by Gasteiger charge is 2.44. The van der Waals surface area contributed by atoms with Gasteiger partial charge in [0.05, 0.1) is 29.9 Å². The second kappa shape index (κ2) is 10.3. The summed E-state index contributed by atoms with van der Waals surface area (Å²) in [6.45, 7) is 2.43. The number of amides is 3. The fourth-order valence-corrected chi connectivity index (χ4v) is 4.54. The van der Waals surface area contributed by atoms with Crippen LogP contribution in [0.2, 0.25) is 0 Å². The van der Waals surface area contributed by atoms with Gasteiger partial charge in [-0.2, -0.15) is 0 Å². The number of sulfonamides is 1. The van der Waals surface area contributed by atoms with Crippen molar-refractivity contribution in [3.63, 3.8) is 0 Å². The van der Waals surface area contributed by atoms with Crippen LogP contribution in [0.15, 0.2) is 76.2 Å². The largest absolute Gasteiger partial charge is 0.494 e. The third-order valence-electron chi connectivity index (χ3n) is 5.79. The number of carbonyl (C=O) groups is 3. The van der Waals surface area contributed by atoms with Crippen molar-refractivity contribution in [3.05, 3.63) is 78.3 Å². The molecular weight excluding hydrogens is 486 g/mol. The van der Waals surface area contributed by atoms with Crippen molar-refractivity contribution in [2.24, 2.45) is 5.14 Å². The number of carbonyl (C=O) groups excluding carboxylic acids is 3. The summed E-state index contributed by atoms with van der Waals surface area (Å²) in [5, 5.41) is 5.15. The van der Waals surface area contributed by atoms with Gasteiger partial charge in [0.1, 0.15) is 11.8 Å². The van der Waals surface area contributed by atoms with Crippen LogP contribution in [0.5, 0.6) is 5.75 Å². The Kier molecular flexibility index (Phi) is 7.22. The third-order valence-corrected chi connectivity index (χ3v) is 6.72. The Balaban J connectivity index is 1.57. The van der Waals surface area contributed by atoms with Gasteiger partial charge in [0.15, 0.2) is 5.76 Å². The fourth-order valence-electron chi connectivity index (χ4n) is 4.02. The smallest absolute Gasteiger partial charge is 0.290 e. The number of hydrogen-bond acceptors (Lipinski definition) is 7. The molecule has 1 aromatic heterocycles. The van der Waals surface area contributed by atoms with Crippen LogP contribution >= 0.6 is 0 Å². The average molecular weight is 512 g/mol. The van der Waals surface area contributed by atoms with E-state index in [2.05, 4.69) is 0 Å². The molecular formula is C25H25N3O7S. The summed E-state index contributed by atoms with van der Waals surface area (Å²) in [5.74, 6) is -0.822. The number of hydrogen-bond donors (Lipinski definition) is 1. The van der Waals surface area contributed by atoms with E-state index in [0.717, 1.165) is 10.5 Å². The topological polar surface area (TPSA) is 140 Å². The lowest BCUT2D eigenvalue weighted by Crippen LogP contribution is -2.46. The Morgan fingerprint density at radius 3 is 2.39 bits per heavy atom. The molecule has 2 heterocycles. The minimum absolute atomic E-state index is 0.0302. The van der Waals surface area contributed by atoms with Crippen molar-refractivity contribution in [1.82, 2.24) is 4.90 Å². The number of anilines is 1. The predicted octanol–water partition coefficient (Wildman–Crippen LogP) is 2.34. The maximum Gasteiger partial charge on any atom is 0.290 e. The summed E-state index contributed by atoms with van der Waals surface area (Å²) >= 11 is 0. The highest BCUT2D eigenvalue weighted by Crippen LogP contribution is 2.28. The van der Waals surface area contributed by atoms with Gasteiger partial charge in [-0.25, -0.2) is 18.5 Å². The molecule has 0 spiro atoms. The van der Waals surface area contributed by atoms with E-state index in [9.17, 15) is 22.8 Å². The molecule has 1 aliphatic heterocycles. The molecule has 0 radical (unpaired) electrons. The zero-order valence-electron chi connectivity index (χ0n) is 19.5. The summed E-state index contributed by atoms with van der Waals surface area (Å²) in [4.78, 5) is 41.9. The van der Waals surface area contributed by atoms with Gasteiger partial charge in [0.25, 0.3) is 11.8 Å². The average Bonchev–Trinajstić information content (AvgIpc) is 3.48. The maximum absolute atomic E-state index is 13.4. The van der Waals surface area contributed by atoms with Crippen LogP contribution in [0.25, 0.3) is 0 Å². The molecule has 0 aliphatic carbocycles. The minimum atomic E-state index is -3.83. The van der Waals surface area contributed by atoms with Crippen LogP contribution in [0.1, 0.15) is 29.5 Å². The number of primary sulfonamides is 1. The molecule has 1 aliphatic rings. The molecule has 1 fully saturated rings. The molecule has 2 N–H and O–H groups in total. The normalized spacial score (nSPS) is 15.8. The lowest BCUT2D eigenvalue weighted by molar-refractivity contribution is -0.122. The molecule has 11 heteroatoms. The predicted molar refractivity (Wildman–Crippen MR) is 130 cm³/mol. The number of benzene rings is 2. The number of nitrogens with zero attached hydrogens (tertiary/aromatic N) is 2. The summed E-state index contributed by atoms with van der Waals surface area (Å²) in [7, 11) is -3.83. The fraction of sp³-hybridized carbons (Fsp3) is 0.240. The van der Waals surface area contributed by atoms with Gasteiger partial charge in [-0.3, -0.25) is 14.4 Å². The lowest BCUT2D eigenvalue weighted by Gasteiger charge is -2.27. The molecule has 3 amide bonds. The summed E-state index contributed by atoms with van der Waals surface area (Å²) in [6.07, 6.45) is 1.48. The highest BCUT2D eigenvalue weighted by atomic mass is 32.2. The molecule has 4 rings (SSSR count). The van der Waals surface area contributed by atoms with E-state index in [-0.39, 0.29) is 23.6 Å². The first-order valence-corrected chi connectivity index (χ1v) is 12.8. The number of imide groups is 1. The molecule has 1 atom stereocenters. The van der Waals surface area contributed by atoms with Gasteiger partial charge in [0, 0.05) is 6.54 Å². The van der Waals surface area contributed by atoms with E-state index < -0.39 is 33.8 Å². The zero-order chi connectivity index (χ0) is 25.9. The van der Waals surface area contributed by atoms with E-state index in [1.165, 1.54) is 29.4 Å². The summed E-state index contributed by atoms with van der Waals surface area (Å²) in [6, 6.07) is 14.5. The molecule has 188 valence electrons. The van der Waals surface area contributed by atoms with Crippen molar-refractivity contribution < 1.29 is 32.0 Å². The van der Waals surface area contributed by atoms with Gasteiger partial charge in [-0.15, -0.1) is 0 Å². The van der Waals surface area contributed by atoms with Crippen LogP contribution in [0.4, 0.5) is 5.69 Å². The Bertz CT molecular complexity index is 1350. The number of furan rings is 1. The Morgan fingerprint density at radius 1 is 1.11 bits per heavy atom. The van der Waals surface area contributed by atoms with Gasteiger partial charge < -0.3 is 14.1 Å². The van der Waals surface area contributed by atoms with E-state index in [1.807, 2.05) is 6.92 Å². The Hall–Kier alpha value is -3.96. The Morgan fingerprint density at radius 2 is 1.81 bits per heavy atom. The first kappa shape index (κ1) is 25.1. The highest BCUT2D eigenvalue weighted by molar-refractivity contribution is 7.89. The quantitative estimate of drug-likeness (QED) is 0.435. The molecule has 10 nitrogen and oxygen atoms in total. The van der Waals surface area contributed by atoms with E-state index in [1.54, 1.807) is 42.5 Å². The first-order valence-electron chi connectivity index (χ1n) is 11.2. The number of rotatable bonds is 9. The zero-order valence-corrected chi connectivity index (χ0v) is 20.3. The van der Waals surface area contributed by atoms with E-state index >= 15 is 0 Å². The molecule has 2 aromatic carbocycles. The van der Waals surface area contributed by atoms with Crippen molar-refractivity contribution >= 4 is 33.4 Å². The molecule has 36 heavy (non-hydrogen) atoms. The molecule has 0 saturated carbocycles. The number of ether oxygens (including phenoxy) is 1. The van der Waals surface area contributed by atoms with Crippen LogP contribution in [-0.2, 0) is 26.0 Å². The second-order valence-corrected chi connectivity index (χ2v) is 9.69. The van der Waals surface area contributed by atoms with Gasteiger partial charge in [0.2, 0.25) is 15.9 Å². The Labute approximate surface area is 208 Å². The monoisotopic (exact) mass is 511 g/mol. The minimum Gasteiger partial charge on any atom is -0.494 e. The van der Waals surface area contributed by atoms with Gasteiger partial charge in [-0.1, -0.05) is 12.1 Å². The lowest BCUT2D eigenvalue weighted by atomic mass is 10.1. The first-order chi connectivity index (χ1) is 17.2. The van der Waals surface area contributed by atoms with Crippen molar-refractivity contribution in [1.29, 1.82) is 0 Å². The summed E-state index contributed by atoms with van der Waals surface area (Å²) in [5.41, 5.74) is 1.11. The number of nitrogens with two attached hydrogens (primary N) is 1. The SMILES string of the molecule is CCOc1ccc(N2C(=O)CC(N(CCc3ccc(S(N)(=O)=O)cc3)C(=O)c3ccco3)C2=O)cc1. The summed E-state index contributed by atoms with van der Waals surface area (Å²) < 4.78 is 33.7. The van der Waals surface area contributed by atoms with E-state index in [4.69, 9.17) is 14.3 Å². The van der Waals surface area contributed by atoms with Crippen LogP contribution in [0.3, 0.4) is 0 Å². The molecule has 3 aromatic rings. The second-order valence-electron chi connectivity index (χ2n) is 8.13. The third kappa shape index (κ3) is 5.31. The van der Waals surface area contributed by atoms with Crippen molar-refractivity contribution in [2.45, 2.75) is 30.7 Å². The van der Waals surface area contributed by atoms with Gasteiger partial charge in [-0.05, 0) is 67.4 Å². The standard InChI is InChI=1S/C25H25N3O7S/c1-2-34-19-9-7-18(8-10-19)28-23(29)16-21(24(28)30)27(25(31)22-4-3-15-35-22)14-13-17-5-11-20(12-6-17)36(26,32)33/h3-12,15,21H,2,13-14,16H2,1H3,(H2,26,32,33). The van der Waals surface area contributed by atoms with Crippen LogP contribution in [0, 0.1) is 0 Å². The van der Waals surface area contributed by atoms with Crippen LogP contribution in [-0.4, -0.2) is 50.2 Å². The van der Waals surface area contributed by atoms with Crippen LogP contribution < -0.4 is 14.8 Å². The van der Waals surface area contributed by atoms with Gasteiger partial charge >= 0.3 is 0 Å². The molecule has 0 bridgehead atoms. The maximum atomic E-state index is 13.4. The van der Waals surface area contributed by atoms with Crippen molar-refractivity contribution in [3.8, 4) is 5.75 Å². The molecule has 1 unspecified atom stereocenters.